The SMILES string of the molecule is N#Cc1ccc(Cl)cc1NC(=O)c1cccc(F)c1Br. The summed E-state index contributed by atoms with van der Waals surface area (Å²) in [4.78, 5) is 12.1. The fourth-order valence-corrected chi connectivity index (χ4v) is 2.20. The van der Waals surface area contributed by atoms with E-state index < -0.39 is 11.7 Å². The summed E-state index contributed by atoms with van der Waals surface area (Å²) >= 11 is 8.85. The Morgan fingerprint density at radius 3 is 2.80 bits per heavy atom. The molecule has 1 amide bonds. The zero-order chi connectivity index (χ0) is 14.7. The Morgan fingerprint density at radius 2 is 2.10 bits per heavy atom. The lowest BCUT2D eigenvalue weighted by atomic mass is 10.1. The van der Waals surface area contributed by atoms with Crippen molar-refractivity contribution in [3.8, 4) is 6.07 Å². The van der Waals surface area contributed by atoms with Crippen molar-refractivity contribution in [3.05, 3.63) is 62.8 Å². The third kappa shape index (κ3) is 2.98. The monoisotopic (exact) mass is 352 g/mol. The Labute approximate surface area is 128 Å². The summed E-state index contributed by atoms with van der Waals surface area (Å²) in [5.41, 5.74) is 0.685. The molecule has 0 radical (unpaired) electrons. The van der Waals surface area contributed by atoms with Crippen LogP contribution in [-0.2, 0) is 0 Å². The maximum absolute atomic E-state index is 13.4. The topological polar surface area (TPSA) is 52.9 Å². The number of rotatable bonds is 2. The van der Waals surface area contributed by atoms with Gasteiger partial charge in [-0.2, -0.15) is 5.26 Å². The van der Waals surface area contributed by atoms with Crippen LogP contribution >= 0.6 is 27.5 Å². The highest BCUT2D eigenvalue weighted by Crippen LogP contribution is 2.24. The lowest BCUT2D eigenvalue weighted by Crippen LogP contribution is -2.14. The number of anilines is 1. The van der Waals surface area contributed by atoms with Crippen LogP contribution in [0, 0.1) is 17.1 Å². The van der Waals surface area contributed by atoms with Gasteiger partial charge < -0.3 is 5.32 Å². The molecule has 0 aromatic heterocycles. The van der Waals surface area contributed by atoms with E-state index in [4.69, 9.17) is 16.9 Å². The van der Waals surface area contributed by atoms with E-state index >= 15 is 0 Å². The molecule has 20 heavy (non-hydrogen) atoms. The molecule has 2 aromatic rings. The van der Waals surface area contributed by atoms with Gasteiger partial charge in [-0.25, -0.2) is 4.39 Å². The van der Waals surface area contributed by atoms with Crippen LogP contribution in [0.25, 0.3) is 0 Å². The molecule has 6 heteroatoms. The first kappa shape index (κ1) is 14.5. The molecule has 0 spiro atoms. The number of nitrogens with zero attached hydrogens (tertiary/aromatic N) is 1. The molecule has 100 valence electrons. The predicted molar refractivity (Wildman–Crippen MR) is 78.2 cm³/mol. The van der Waals surface area contributed by atoms with Gasteiger partial charge in [0, 0.05) is 5.02 Å². The molecule has 0 fully saturated rings. The van der Waals surface area contributed by atoms with Crippen molar-refractivity contribution in [3.63, 3.8) is 0 Å². The minimum Gasteiger partial charge on any atom is -0.321 e. The fourth-order valence-electron chi connectivity index (χ4n) is 1.59. The molecule has 1 N–H and O–H groups in total. The number of nitrogens with one attached hydrogen (secondary N) is 1. The second-order valence-electron chi connectivity index (χ2n) is 3.86. The summed E-state index contributed by atoms with van der Waals surface area (Å²) in [6, 6.07) is 10.6. The summed E-state index contributed by atoms with van der Waals surface area (Å²) < 4.78 is 13.5. The van der Waals surface area contributed by atoms with E-state index in [0.717, 1.165) is 0 Å². The van der Waals surface area contributed by atoms with Gasteiger partial charge in [-0.1, -0.05) is 17.7 Å². The molecule has 0 saturated heterocycles. The van der Waals surface area contributed by atoms with Crippen LogP contribution in [0.5, 0.6) is 0 Å². The van der Waals surface area contributed by atoms with Crippen molar-refractivity contribution in [2.75, 3.05) is 5.32 Å². The summed E-state index contributed by atoms with van der Waals surface area (Å²) in [5.74, 6) is -1.07. The second-order valence-corrected chi connectivity index (χ2v) is 5.09. The van der Waals surface area contributed by atoms with Crippen molar-refractivity contribution < 1.29 is 9.18 Å². The van der Waals surface area contributed by atoms with E-state index in [0.29, 0.717) is 5.02 Å². The number of halogens is 3. The number of amides is 1. The van der Waals surface area contributed by atoms with Gasteiger partial charge in [0.25, 0.3) is 5.91 Å². The number of benzene rings is 2. The largest absolute Gasteiger partial charge is 0.321 e. The average molecular weight is 354 g/mol. The van der Waals surface area contributed by atoms with E-state index in [9.17, 15) is 9.18 Å². The first-order valence-electron chi connectivity index (χ1n) is 5.48. The van der Waals surface area contributed by atoms with Crippen molar-refractivity contribution in [1.29, 1.82) is 5.26 Å². The van der Waals surface area contributed by atoms with Gasteiger partial charge in [0.1, 0.15) is 11.9 Å². The normalized spacial score (nSPS) is 9.90. The van der Waals surface area contributed by atoms with Crippen LogP contribution in [0.1, 0.15) is 15.9 Å². The van der Waals surface area contributed by atoms with Crippen LogP contribution in [-0.4, -0.2) is 5.91 Å². The molecule has 0 aliphatic carbocycles. The minimum atomic E-state index is -0.538. The maximum atomic E-state index is 13.4. The highest BCUT2D eigenvalue weighted by molar-refractivity contribution is 9.10. The second kappa shape index (κ2) is 6.04. The molecule has 0 saturated carbocycles. The van der Waals surface area contributed by atoms with Crippen LogP contribution in [0.2, 0.25) is 5.02 Å². The van der Waals surface area contributed by atoms with Crippen molar-refractivity contribution in [2.24, 2.45) is 0 Å². The summed E-state index contributed by atoms with van der Waals surface area (Å²) in [6.45, 7) is 0. The van der Waals surface area contributed by atoms with Crippen LogP contribution in [0.15, 0.2) is 40.9 Å². The molecule has 0 unspecified atom stereocenters. The number of carbonyl (C=O) groups excluding carboxylic acids is 1. The quantitative estimate of drug-likeness (QED) is 0.872. The molecule has 2 aromatic carbocycles. The molecule has 0 atom stereocenters. The third-order valence-corrected chi connectivity index (χ3v) is 3.59. The zero-order valence-electron chi connectivity index (χ0n) is 9.95. The summed E-state index contributed by atoms with van der Waals surface area (Å²) in [5, 5.41) is 11.9. The smallest absolute Gasteiger partial charge is 0.256 e. The van der Waals surface area contributed by atoms with Crippen molar-refractivity contribution >= 4 is 39.1 Å². The molecule has 2 rings (SSSR count). The fraction of sp³-hybridized carbons (Fsp3) is 0. The van der Waals surface area contributed by atoms with Gasteiger partial charge in [0.2, 0.25) is 0 Å². The summed E-state index contributed by atoms with van der Waals surface area (Å²) in [6.07, 6.45) is 0. The van der Waals surface area contributed by atoms with Crippen molar-refractivity contribution in [1.82, 2.24) is 0 Å². The zero-order valence-corrected chi connectivity index (χ0v) is 12.3. The molecular formula is C14H7BrClFN2O. The van der Waals surface area contributed by atoms with Crippen LogP contribution < -0.4 is 5.32 Å². The first-order valence-corrected chi connectivity index (χ1v) is 6.65. The van der Waals surface area contributed by atoms with E-state index in [2.05, 4.69) is 21.2 Å². The average Bonchev–Trinajstić information content (AvgIpc) is 2.42. The Balaban J connectivity index is 2.35. The molecule has 3 nitrogen and oxygen atoms in total. The first-order chi connectivity index (χ1) is 9.52. The lowest BCUT2D eigenvalue weighted by Gasteiger charge is -2.09. The van der Waals surface area contributed by atoms with Gasteiger partial charge in [-0.15, -0.1) is 0 Å². The molecule has 0 heterocycles. The van der Waals surface area contributed by atoms with Gasteiger partial charge >= 0.3 is 0 Å². The molecule has 0 bridgehead atoms. The van der Waals surface area contributed by atoms with Crippen LogP contribution in [0.4, 0.5) is 10.1 Å². The lowest BCUT2D eigenvalue weighted by molar-refractivity contribution is 0.102. The van der Waals surface area contributed by atoms with Gasteiger partial charge in [-0.3, -0.25) is 4.79 Å². The van der Waals surface area contributed by atoms with Gasteiger partial charge in [0.05, 0.1) is 21.3 Å². The minimum absolute atomic E-state index is 0.0676. The van der Waals surface area contributed by atoms with Crippen molar-refractivity contribution in [2.45, 2.75) is 0 Å². The van der Waals surface area contributed by atoms with Crippen LogP contribution in [0.3, 0.4) is 0 Å². The van der Waals surface area contributed by atoms with E-state index in [-0.39, 0.29) is 21.3 Å². The number of hydrogen-bond donors (Lipinski definition) is 1. The molecular weight excluding hydrogens is 347 g/mol. The van der Waals surface area contributed by atoms with E-state index in [1.54, 1.807) is 6.07 Å². The number of carbonyl (C=O) groups is 1. The summed E-state index contributed by atoms with van der Waals surface area (Å²) in [7, 11) is 0. The van der Waals surface area contributed by atoms with Gasteiger partial charge in [0.15, 0.2) is 0 Å². The Morgan fingerprint density at radius 1 is 1.35 bits per heavy atom. The maximum Gasteiger partial charge on any atom is 0.256 e. The van der Waals surface area contributed by atoms with E-state index in [1.165, 1.54) is 30.3 Å². The third-order valence-electron chi connectivity index (χ3n) is 2.55. The highest BCUT2D eigenvalue weighted by atomic mass is 79.9. The predicted octanol–water partition coefficient (Wildman–Crippen LogP) is 4.37. The van der Waals surface area contributed by atoms with Gasteiger partial charge in [-0.05, 0) is 46.3 Å². The number of hydrogen-bond acceptors (Lipinski definition) is 2. The number of nitriles is 1. The Kier molecular flexibility index (Phi) is 4.38. The Hall–Kier alpha value is -1.90. The van der Waals surface area contributed by atoms with E-state index in [1.807, 2.05) is 6.07 Å². The molecule has 0 aliphatic heterocycles. The standard InChI is InChI=1S/C14H7BrClFN2O/c15-13-10(2-1-3-11(13)17)14(20)19-12-6-9(16)5-4-8(12)7-18/h1-6H,(H,19,20). The highest BCUT2D eigenvalue weighted by Gasteiger charge is 2.14. The molecule has 0 aliphatic rings. The Bertz CT molecular complexity index is 728.